The summed E-state index contributed by atoms with van der Waals surface area (Å²) in [5.74, 6) is 0.277. The molecule has 3 aromatic rings. The molecule has 0 fully saturated rings. The van der Waals surface area contributed by atoms with Gasteiger partial charge in [0.1, 0.15) is 6.54 Å². The van der Waals surface area contributed by atoms with Gasteiger partial charge in [-0.2, -0.15) is 0 Å². The number of aliphatic imine (C=N–C) groups is 1. The molecule has 4 rings (SSSR count). The molecule has 1 aliphatic rings. The fraction of sp³-hybridized carbons (Fsp3) is 0.222. The topological polar surface area (TPSA) is 68.3 Å². The number of carbonyl (C=O) groups excluding carboxylic acids is 1. The quantitative estimate of drug-likeness (QED) is 0.607. The van der Waals surface area contributed by atoms with Crippen LogP contribution in [0.25, 0.3) is 0 Å². The lowest BCUT2D eigenvalue weighted by Crippen LogP contribution is -2.18. The van der Waals surface area contributed by atoms with Gasteiger partial charge in [-0.15, -0.1) is 0 Å². The van der Waals surface area contributed by atoms with Gasteiger partial charge in [0, 0.05) is 35.2 Å². The van der Waals surface area contributed by atoms with Gasteiger partial charge in [-0.05, 0) is 48.4 Å². The van der Waals surface area contributed by atoms with E-state index >= 15 is 0 Å². The first-order valence-electron chi connectivity index (χ1n) is 10.6. The summed E-state index contributed by atoms with van der Waals surface area (Å²) in [6.07, 6.45) is 5.86. The lowest BCUT2D eigenvalue weighted by molar-refractivity contribution is 0.1000. The Balaban J connectivity index is 0.000000630. The summed E-state index contributed by atoms with van der Waals surface area (Å²) in [7, 11) is 0. The third-order valence-corrected chi connectivity index (χ3v) is 4.97. The lowest BCUT2D eigenvalue weighted by atomic mass is 9.84. The Morgan fingerprint density at radius 2 is 1.74 bits per heavy atom. The predicted molar refractivity (Wildman–Crippen MR) is 130 cm³/mol. The van der Waals surface area contributed by atoms with Crippen molar-refractivity contribution in [3.63, 3.8) is 0 Å². The Kier molecular flexibility index (Phi) is 9.37. The van der Waals surface area contributed by atoms with Crippen LogP contribution >= 0.6 is 0 Å². The molecule has 0 radical (unpaired) electrons. The number of carbonyl (C=O) groups is 1. The van der Waals surface area contributed by atoms with Crippen molar-refractivity contribution < 1.29 is 4.79 Å². The highest BCUT2D eigenvalue weighted by Crippen LogP contribution is 2.30. The number of hydrogen-bond acceptors (Lipinski definition) is 4. The summed E-state index contributed by atoms with van der Waals surface area (Å²) < 4.78 is 0. The molecule has 0 saturated heterocycles. The standard InChI is InChI=1S/C23H20N2O.C2H5N.C2H6/c1-16-21-13-18(9-10-20(21)23(26)15-25-16)22(19-8-5-11-24-14-19)12-17-6-3-2-4-7-17;1-2-3;1-2/h2-11,13-14,22H,12,15H2,1H3;2H,1,3H2;1-2H3. The van der Waals surface area contributed by atoms with Gasteiger partial charge < -0.3 is 5.73 Å². The van der Waals surface area contributed by atoms with E-state index in [-0.39, 0.29) is 18.2 Å². The van der Waals surface area contributed by atoms with Crippen LogP contribution in [0.1, 0.15) is 59.3 Å². The fourth-order valence-corrected chi connectivity index (χ4v) is 3.54. The van der Waals surface area contributed by atoms with Gasteiger partial charge in [-0.25, -0.2) is 0 Å². The molecule has 2 aromatic carbocycles. The molecule has 1 atom stereocenters. The van der Waals surface area contributed by atoms with Crippen LogP contribution in [-0.2, 0) is 6.42 Å². The number of ketones is 1. The molecule has 1 unspecified atom stereocenters. The SMILES string of the molecule is C=CN.CC.CC1=NCC(=O)c2ccc(C(Cc3ccccc3)c3cccnc3)cc21. The van der Waals surface area contributed by atoms with E-state index in [9.17, 15) is 4.79 Å². The molecule has 0 amide bonds. The maximum Gasteiger partial charge on any atom is 0.184 e. The van der Waals surface area contributed by atoms with Gasteiger partial charge in [-0.3, -0.25) is 14.8 Å². The summed E-state index contributed by atoms with van der Waals surface area (Å²) in [4.78, 5) is 20.8. The van der Waals surface area contributed by atoms with Gasteiger partial charge in [0.15, 0.2) is 5.78 Å². The zero-order chi connectivity index (χ0) is 22.6. The molecule has 1 aromatic heterocycles. The average molecular weight is 414 g/mol. The third kappa shape index (κ3) is 6.22. The predicted octanol–water partition coefficient (Wildman–Crippen LogP) is 5.58. The van der Waals surface area contributed by atoms with E-state index < -0.39 is 0 Å². The van der Waals surface area contributed by atoms with E-state index in [1.807, 2.05) is 45.2 Å². The van der Waals surface area contributed by atoms with Crippen molar-refractivity contribution in [3.05, 3.63) is 114 Å². The van der Waals surface area contributed by atoms with Crippen molar-refractivity contribution in [1.29, 1.82) is 0 Å². The lowest BCUT2D eigenvalue weighted by Gasteiger charge is -2.21. The van der Waals surface area contributed by atoms with Gasteiger partial charge in [0.05, 0.1) is 0 Å². The molecule has 2 N–H and O–H groups in total. The Hall–Kier alpha value is -3.53. The number of Topliss-reactive ketones (excluding diaryl/α,β-unsaturated/α-hetero) is 1. The molecule has 2 heterocycles. The normalized spacial score (nSPS) is 12.7. The number of nitrogens with zero attached hydrogens (tertiary/aromatic N) is 2. The summed E-state index contributed by atoms with van der Waals surface area (Å²) in [6, 6.07) is 20.7. The van der Waals surface area contributed by atoms with Gasteiger partial charge in [-0.1, -0.05) is 69.0 Å². The van der Waals surface area contributed by atoms with Gasteiger partial charge >= 0.3 is 0 Å². The van der Waals surface area contributed by atoms with Crippen LogP contribution in [-0.4, -0.2) is 23.0 Å². The number of benzene rings is 2. The number of fused-ring (bicyclic) bond motifs is 1. The van der Waals surface area contributed by atoms with Gasteiger partial charge in [0.2, 0.25) is 0 Å². The highest BCUT2D eigenvalue weighted by molar-refractivity contribution is 6.14. The molecule has 0 saturated carbocycles. The van der Waals surface area contributed by atoms with Crippen molar-refractivity contribution in [3.8, 4) is 0 Å². The Labute approximate surface area is 185 Å². The summed E-state index contributed by atoms with van der Waals surface area (Å²) in [6.45, 7) is 9.37. The second-order valence-electron chi connectivity index (χ2n) is 6.89. The fourth-order valence-electron chi connectivity index (χ4n) is 3.54. The van der Waals surface area contributed by atoms with Crippen molar-refractivity contribution in [2.45, 2.75) is 33.1 Å². The van der Waals surface area contributed by atoms with Crippen LogP contribution in [0, 0.1) is 0 Å². The third-order valence-electron chi connectivity index (χ3n) is 4.97. The largest absolute Gasteiger partial charge is 0.405 e. The van der Waals surface area contributed by atoms with Crippen molar-refractivity contribution >= 4 is 11.5 Å². The van der Waals surface area contributed by atoms with Gasteiger partial charge in [0.25, 0.3) is 0 Å². The molecule has 1 aliphatic heterocycles. The first-order valence-corrected chi connectivity index (χ1v) is 10.6. The van der Waals surface area contributed by atoms with Crippen LogP contribution in [0.4, 0.5) is 0 Å². The molecular formula is C27H31N3O. The summed E-state index contributed by atoms with van der Waals surface area (Å²) >= 11 is 0. The summed E-state index contributed by atoms with van der Waals surface area (Å²) in [5.41, 5.74) is 10.9. The molecule has 31 heavy (non-hydrogen) atoms. The molecule has 0 spiro atoms. The Morgan fingerprint density at radius 1 is 1.03 bits per heavy atom. The minimum absolute atomic E-state index is 0.0955. The first-order chi connectivity index (χ1) is 15.1. The van der Waals surface area contributed by atoms with Crippen LogP contribution in [0.15, 0.2) is 90.8 Å². The maximum absolute atomic E-state index is 12.2. The van der Waals surface area contributed by atoms with Crippen LogP contribution in [0.3, 0.4) is 0 Å². The zero-order valence-electron chi connectivity index (χ0n) is 18.6. The molecule has 4 nitrogen and oxygen atoms in total. The zero-order valence-corrected chi connectivity index (χ0v) is 18.6. The number of rotatable bonds is 4. The second kappa shape index (κ2) is 12.2. The first kappa shape index (κ1) is 23.7. The molecular weight excluding hydrogens is 382 g/mol. The van der Waals surface area contributed by atoms with Crippen LogP contribution in [0.5, 0.6) is 0 Å². The molecule has 0 bridgehead atoms. The second-order valence-corrected chi connectivity index (χ2v) is 6.89. The Bertz CT molecular complexity index is 1010. The number of pyridine rings is 1. The van der Waals surface area contributed by atoms with E-state index in [4.69, 9.17) is 0 Å². The van der Waals surface area contributed by atoms with E-state index in [1.54, 1.807) is 6.20 Å². The van der Waals surface area contributed by atoms with Crippen LogP contribution in [0.2, 0.25) is 0 Å². The number of nitrogens with two attached hydrogens (primary N) is 1. The minimum Gasteiger partial charge on any atom is -0.405 e. The highest BCUT2D eigenvalue weighted by atomic mass is 16.1. The molecule has 0 aliphatic carbocycles. The van der Waals surface area contributed by atoms with Crippen molar-refractivity contribution in [2.75, 3.05) is 6.54 Å². The average Bonchev–Trinajstić information content (AvgIpc) is 2.83. The van der Waals surface area contributed by atoms with E-state index in [0.717, 1.165) is 23.3 Å². The van der Waals surface area contributed by atoms with Crippen molar-refractivity contribution in [1.82, 2.24) is 4.98 Å². The van der Waals surface area contributed by atoms with E-state index in [0.29, 0.717) is 0 Å². The van der Waals surface area contributed by atoms with Crippen LogP contribution < -0.4 is 5.73 Å². The Morgan fingerprint density at radius 3 is 2.39 bits per heavy atom. The molecule has 160 valence electrons. The monoisotopic (exact) mass is 413 g/mol. The molecule has 4 heteroatoms. The number of aromatic nitrogens is 1. The van der Waals surface area contributed by atoms with E-state index in [1.165, 1.54) is 22.9 Å². The minimum atomic E-state index is 0.0955. The highest BCUT2D eigenvalue weighted by Gasteiger charge is 2.22. The maximum atomic E-state index is 12.2. The van der Waals surface area contributed by atoms with Crippen molar-refractivity contribution in [2.24, 2.45) is 10.7 Å². The number of hydrogen-bond donors (Lipinski definition) is 1. The van der Waals surface area contributed by atoms with E-state index in [2.05, 4.69) is 64.8 Å². The summed E-state index contributed by atoms with van der Waals surface area (Å²) in [5, 5.41) is 0. The smallest absolute Gasteiger partial charge is 0.184 e.